The molecule has 0 spiro atoms. The molecule has 0 unspecified atom stereocenters. The van der Waals surface area contributed by atoms with E-state index in [0.29, 0.717) is 28.1 Å². The standard InChI is InChI=1S/C47H24N6/c1-51-38-21-31(28-49)19-36(23-38)34-15-17-46-43(25-34)44-26-35(37-20-32(29-50)22-39(24-37)52-2)16-18-47(44)53(46)45-10-6-5-9-42(45)41-8-4-3-7-40(41)33-13-11-30(27-48)12-14-33/h3-26H. The quantitative estimate of drug-likeness (QED) is 0.171. The highest BCUT2D eigenvalue weighted by Crippen LogP contribution is 2.42. The summed E-state index contributed by atoms with van der Waals surface area (Å²) < 4.78 is 2.26. The average Bonchev–Trinajstić information content (AvgIpc) is 3.56. The van der Waals surface area contributed by atoms with Crippen LogP contribution in [0.4, 0.5) is 11.4 Å². The Hall–Kier alpha value is -8.21. The Morgan fingerprint density at radius 3 is 1.40 bits per heavy atom. The number of nitriles is 3. The minimum Gasteiger partial charge on any atom is -0.309 e. The number of hydrogen-bond donors (Lipinski definition) is 0. The SMILES string of the molecule is [C-]#[N+]c1cc(C#N)cc(-c2ccc3c(c2)c2cc(-c4cc(C#N)cc([N+]#[C-])c4)ccc2n3-c2ccccc2-c2ccccc2-c2ccc(C#N)cc2)c1. The van der Waals surface area contributed by atoms with Crippen LogP contribution < -0.4 is 0 Å². The molecule has 0 fully saturated rings. The van der Waals surface area contributed by atoms with E-state index in [-0.39, 0.29) is 0 Å². The molecule has 6 nitrogen and oxygen atoms in total. The van der Waals surface area contributed by atoms with Gasteiger partial charge in [0.1, 0.15) is 0 Å². The molecule has 8 rings (SSSR count). The van der Waals surface area contributed by atoms with Crippen LogP contribution in [0, 0.1) is 47.1 Å². The van der Waals surface area contributed by atoms with E-state index in [2.05, 4.69) is 81.0 Å². The van der Waals surface area contributed by atoms with Gasteiger partial charge in [-0.1, -0.05) is 66.7 Å². The van der Waals surface area contributed by atoms with E-state index < -0.39 is 0 Å². The maximum absolute atomic E-state index is 9.71. The van der Waals surface area contributed by atoms with Crippen molar-refractivity contribution in [2.75, 3.05) is 0 Å². The molecule has 53 heavy (non-hydrogen) atoms. The number of hydrogen-bond acceptors (Lipinski definition) is 3. The van der Waals surface area contributed by atoms with Gasteiger partial charge in [0.2, 0.25) is 0 Å². The summed E-state index contributed by atoms with van der Waals surface area (Å²) in [5, 5.41) is 30.8. The van der Waals surface area contributed by atoms with E-state index in [1.165, 1.54) is 0 Å². The fourth-order valence-electron chi connectivity index (χ4n) is 7.05. The van der Waals surface area contributed by atoms with Crippen molar-refractivity contribution in [2.45, 2.75) is 0 Å². The highest BCUT2D eigenvalue weighted by Gasteiger charge is 2.19. The van der Waals surface area contributed by atoms with Gasteiger partial charge in [-0.2, -0.15) is 15.8 Å². The summed E-state index contributed by atoms with van der Waals surface area (Å²) in [7, 11) is 0. The summed E-state index contributed by atoms with van der Waals surface area (Å²) in [6.45, 7) is 15.2. The predicted octanol–water partition coefficient (Wildman–Crippen LogP) is 12.2. The van der Waals surface area contributed by atoms with Crippen molar-refractivity contribution in [3.63, 3.8) is 0 Å². The van der Waals surface area contributed by atoms with Crippen LogP contribution in [0.15, 0.2) is 146 Å². The normalized spacial score (nSPS) is 10.5. The maximum atomic E-state index is 9.71. The van der Waals surface area contributed by atoms with Crippen LogP contribution in [0.3, 0.4) is 0 Å². The van der Waals surface area contributed by atoms with Gasteiger partial charge in [-0.15, -0.1) is 0 Å². The minimum atomic E-state index is 0.395. The molecule has 0 amide bonds. The van der Waals surface area contributed by atoms with Crippen molar-refractivity contribution < 1.29 is 0 Å². The van der Waals surface area contributed by atoms with Gasteiger partial charge in [0, 0.05) is 27.5 Å². The second-order valence-corrected chi connectivity index (χ2v) is 12.5. The van der Waals surface area contributed by atoms with Crippen molar-refractivity contribution in [2.24, 2.45) is 0 Å². The first-order valence-corrected chi connectivity index (χ1v) is 16.7. The smallest absolute Gasteiger partial charge is 0.189 e. The summed E-state index contributed by atoms with van der Waals surface area (Å²) >= 11 is 0. The van der Waals surface area contributed by atoms with Crippen LogP contribution in [0.2, 0.25) is 0 Å². The Balaban J connectivity index is 1.41. The van der Waals surface area contributed by atoms with Crippen LogP contribution in [0.25, 0.3) is 81.7 Å². The zero-order valence-corrected chi connectivity index (χ0v) is 28.0. The van der Waals surface area contributed by atoms with Gasteiger partial charge in [0.05, 0.1) is 53.6 Å². The molecule has 1 heterocycles. The Morgan fingerprint density at radius 1 is 0.415 bits per heavy atom. The maximum Gasteiger partial charge on any atom is 0.189 e. The van der Waals surface area contributed by atoms with E-state index in [0.717, 1.165) is 72.0 Å². The van der Waals surface area contributed by atoms with Gasteiger partial charge in [-0.05, 0) is 118 Å². The molecule has 0 aliphatic heterocycles. The van der Waals surface area contributed by atoms with E-state index in [9.17, 15) is 15.8 Å². The van der Waals surface area contributed by atoms with Crippen molar-refractivity contribution >= 4 is 33.2 Å². The summed E-state index contributed by atoms with van der Waals surface area (Å²) in [5.41, 5.74) is 12.5. The lowest BCUT2D eigenvalue weighted by molar-refractivity contribution is 1.18. The van der Waals surface area contributed by atoms with Gasteiger partial charge in [0.15, 0.2) is 11.4 Å². The molecule has 0 saturated heterocycles. The number of nitrogens with zero attached hydrogens (tertiary/aromatic N) is 6. The molecule has 0 aliphatic carbocycles. The van der Waals surface area contributed by atoms with Gasteiger partial charge in [0.25, 0.3) is 0 Å². The molecule has 6 heteroatoms. The summed E-state index contributed by atoms with van der Waals surface area (Å²) in [5.74, 6) is 0. The van der Waals surface area contributed by atoms with Gasteiger partial charge in [-0.25, -0.2) is 9.69 Å². The molecule has 0 N–H and O–H groups in total. The number of fused-ring (bicyclic) bond motifs is 3. The number of aromatic nitrogens is 1. The third-order valence-electron chi connectivity index (χ3n) is 9.47. The molecule has 8 aromatic rings. The van der Waals surface area contributed by atoms with E-state index in [1.54, 1.807) is 36.4 Å². The zero-order chi connectivity index (χ0) is 36.5. The Labute approximate surface area is 306 Å². The van der Waals surface area contributed by atoms with E-state index >= 15 is 0 Å². The third-order valence-corrected chi connectivity index (χ3v) is 9.47. The zero-order valence-electron chi connectivity index (χ0n) is 28.0. The Kier molecular flexibility index (Phi) is 8.01. The summed E-state index contributed by atoms with van der Waals surface area (Å²) in [4.78, 5) is 7.21. The molecule has 0 bridgehead atoms. The first-order valence-electron chi connectivity index (χ1n) is 16.7. The average molecular weight is 673 g/mol. The van der Waals surface area contributed by atoms with Crippen molar-refractivity contribution in [1.29, 1.82) is 15.8 Å². The largest absolute Gasteiger partial charge is 0.309 e. The second-order valence-electron chi connectivity index (χ2n) is 12.5. The van der Waals surface area contributed by atoms with Crippen LogP contribution in [-0.4, -0.2) is 4.57 Å². The van der Waals surface area contributed by atoms with E-state index in [4.69, 9.17) is 13.1 Å². The fraction of sp³-hybridized carbons (Fsp3) is 0. The molecule has 242 valence electrons. The lowest BCUT2D eigenvalue weighted by atomic mass is 9.93. The molecule has 0 saturated carbocycles. The highest BCUT2D eigenvalue weighted by molar-refractivity contribution is 6.12. The first-order chi connectivity index (χ1) is 26.0. The lowest BCUT2D eigenvalue weighted by Gasteiger charge is -2.17. The minimum absolute atomic E-state index is 0.395. The van der Waals surface area contributed by atoms with Gasteiger partial charge < -0.3 is 4.57 Å². The van der Waals surface area contributed by atoms with Gasteiger partial charge >= 0.3 is 0 Å². The fourth-order valence-corrected chi connectivity index (χ4v) is 7.05. The number of rotatable bonds is 5. The number of benzene rings is 7. The molecule has 1 aromatic heterocycles. The predicted molar refractivity (Wildman–Crippen MR) is 209 cm³/mol. The Morgan fingerprint density at radius 2 is 0.887 bits per heavy atom. The van der Waals surface area contributed by atoms with Crippen LogP contribution in [-0.2, 0) is 0 Å². The van der Waals surface area contributed by atoms with Crippen LogP contribution >= 0.6 is 0 Å². The first kappa shape index (κ1) is 32.0. The number of para-hydroxylation sites is 1. The van der Waals surface area contributed by atoms with Crippen molar-refractivity contribution in [3.05, 3.63) is 185 Å². The molecule has 0 radical (unpaired) electrons. The molecule has 0 atom stereocenters. The molecular weight excluding hydrogens is 649 g/mol. The molecule has 0 aliphatic rings. The van der Waals surface area contributed by atoms with Crippen molar-refractivity contribution in [1.82, 2.24) is 4.57 Å². The van der Waals surface area contributed by atoms with Crippen LogP contribution in [0.5, 0.6) is 0 Å². The van der Waals surface area contributed by atoms with Crippen molar-refractivity contribution in [3.8, 4) is 68.4 Å². The molecule has 7 aromatic carbocycles. The Bertz CT molecular complexity index is 2810. The van der Waals surface area contributed by atoms with E-state index in [1.807, 2.05) is 60.7 Å². The molecular formula is C47H24N6. The summed E-state index contributed by atoms with van der Waals surface area (Å²) in [6.07, 6.45) is 0. The van der Waals surface area contributed by atoms with Gasteiger partial charge in [-0.3, -0.25) is 0 Å². The summed E-state index contributed by atoms with van der Waals surface area (Å²) in [6, 6.07) is 53.6. The highest BCUT2D eigenvalue weighted by atomic mass is 15.0. The monoisotopic (exact) mass is 672 g/mol. The topological polar surface area (TPSA) is 85.0 Å². The lowest BCUT2D eigenvalue weighted by Crippen LogP contribution is -1.98. The van der Waals surface area contributed by atoms with Crippen LogP contribution in [0.1, 0.15) is 16.7 Å². The third kappa shape index (κ3) is 5.70. The second kappa shape index (κ2) is 13.2.